The van der Waals surface area contributed by atoms with E-state index in [4.69, 9.17) is 4.74 Å². The maximum absolute atomic E-state index is 13.4. The Kier molecular flexibility index (Phi) is 6.93. The van der Waals surface area contributed by atoms with Crippen LogP contribution in [0.1, 0.15) is 11.1 Å². The molecule has 106 valence electrons. The van der Waals surface area contributed by atoms with E-state index >= 15 is 0 Å². The van der Waals surface area contributed by atoms with E-state index in [2.05, 4.69) is 0 Å². The second-order valence-corrected chi connectivity index (χ2v) is 4.47. The number of benzene rings is 2. The Labute approximate surface area is 163 Å². The van der Waals surface area contributed by atoms with Crippen LogP contribution in [0.2, 0.25) is 0 Å². The zero-order valence-corrected chi connectivity index (χ0v) is 14.9. The number of hydrogen-bond donors (Lipinski definition) is 0. The van der Waals surface area contributed by atoms with Crippen LogP contribution in [0.4, 0.5) is 17.3 Å². The van der Waals surface area contributed by atoms with Gasteiger partial charge in [-0.25, -0.2) is 4.39 Å². The van der Waals surface area contributed by atoms with Gasteiger partial charge in [0.25, 0.3) is 0 Å². The fourth-order valence-electron chi connectivity index (χ4n) is 1.88. The van der Waals surface area contributed by atoms with E-state index in [1.165, 1.54) is 25.1 Å². The van der Waals surface area contributed by atoms with Crippen LogP contribution < -0.4 is 61.6 Å². The van der Waals surface area contributed by atoms with Crippen molar-refractivity contribution in [2.45, 2.75) is 13.5 Å². The van der Waals surface area contributed by atoms with Crippen molar-refractivity contribution in [3.05, 3.63) is 59.4 Å². The molecule has 0 fully saturated rings. The van der Waals surface area contributed by atoms with Gasteiger partial charge in [0, 0.05) is 5.56 Å². The van der Waals surface area contributed by atoms with Crippen molar-refractivity contribution in [2.24, 2.45) is 0 Å². The van der Waals surface area contributed by atoms with Crippen LogP contribution in [0.15, 0.2) is 42.5 Å². The van der Waals surface area contributed by atoms with Gasteiger partial charge in [0.05, 0.1) is 0 Å². The molecule has 0 saturated heterocycles. The van der Waals surface area contributed by atoms with E-state index in [0.29, 0.717) is 5.56 Å². The number of aryl methyl sites for hydroxylation is 1. The number of rotatable bonds is 4. The number of hydrogen-bond acceptors (Lipinski definition) is 1. The minimum atomic E-state index is -5.02. The van der Waals surface area contributed by atoms with Crippen LogP contribution in [-0.2, 0) is 6.61 Å². The predicted octanol–water partition coefficient (Wildman–Crippen LogP) is 0.772. The largest absolute Gasteiger partial charge is 1.00 e. The Hall–Kier alpha value is -0.339. The topological polar surface area (TPSA) is 9.23 Å². The zero-order chi connectivity index (χ0) is 14.8. The minimum absolute atomic E-state index is 0. The standard InChI is InChI=1S/C14H12BF4O.K/c1-10-8-12(6-7-13(10)15(17,18)19)20-9-11-4-2-3-5-14(11)16;/h2-8H,9H2,1H3;/q-1;+1. The monoisotopic (exact) mass is 322 g/mol. The van der Waals surface area contributed by atoms with Crippen LogP contribution in [-0.4, -0.2) is 6.98 Å². The van der Waals surface area contributed by atoms with Crippen molar-refractivity contribution in [3.8, 4) is 5.75 Å². The first kappa shape index (κ1) is 18.7. The Morgan fingerprint density at radius 2 is 1.71 bits per heavy atom. The van der Waals surface area contributed by atoms with Gasteiger partial charge in [0.1, 0.15) is 18.2 Å². The molecule has 0 heterocycles. The molecule has 0 saturated carbocycles. The van der Waals surface area contributed by atoms with Crippen molar-refractivity contribution >= 4 is 12.4 Å². The third-order valence-corrected chi connectivity index (χ3v) is 2.95. The van der Waals surface area contributed by atoms with E-state index in [1.54, 1.807) is 18.2 Å². The summed E-state index contributed by atoms with van der Waals surface area (Å²) in [4.78, 5) is 0. The van der Waals surface area contributed by atoms with Gasteiger partial charge in [-0.3, -0.25) is 0 Å². The van der Waals surface area contributed by atoms with Crippen LogP contribution in [0.25, 0.3) is 0 Å². The summed E-state index contributed by atoms with van der Waals surface area (Å²) in [6, 6.07) is 9.65. The first-order chi connectivity index (χ1) is 9.38. The quantitative estimate of drug-likeness (QED) is 0.597. The van der Waals surface area contributed by atoms with Crippen molar-refractivity contribution < 1.29 is 73.5 Å². The summed E-state index contributed by atoms with van der Waals surface area (Å²) in [5.74, 6) is -0.117. The molecule has 0 aromatic heterocycles. The average Bonchev–Trinajstić information content (AvgIpc) is 2.36. The van der Waals surface area contributed by atoms with Gasteiger partial charge in [0.2, 0.25) is 0 Å². The van der Waals surface area contributed by atoms with Crippen LogP contribution in [0.3, 0.4) is 0 Å². The maximum Gasteiger partial charge on any atom is 1.00 e. The molecule has 0 unspecified atom stereocenters. The van der Waals surface area contributed by atoms with Gasteiger partial charge >= 0.3 is 58.4 Å². The Morgan fingerprint density at radius 1 is 1.05 bits per heavy atom. The van der Waals surface area contributed by atoms with Gasteiger partial charge in [-0.1, -0.05) is 29.8 Å². The smallest absolute Gasteiger partial charge is 0.489 e. The maximum atomic E-state index is 13.4. The molecule has 0 spiro atoms. The van der Waals surface area contributed by atoms with Crippen LogP contribution in [0.5, 0.6) is 5.75 Å². The summed E-state index contributed by atoms with van der Waals surface area (Å²) >= 11 is 0. The van der Waals surface area contributed by atoms with Crippen molar-refractivity contribution in [1.29, 1.82) is 0 Å². The summed E-state index contributed by atoms with van der Waals surface area (Å²) in [7, 11) is 0. The second-order valence-electron chi connectivity index (χ2n) is 4.47. The van der Waals surface area contributed by atoms with E-state index in [1.807, 2.05) is 0 Å². The first-order valence-corrected chi connectivity index (χ1v) is 6.04. The van der Waals surface area contributed by atoms with Crippen LogP contribution in [0, 0.1) is 12.7 Å². The molecule has 21 heavy (non-hydrogen) atoms. The molecular weight excluding hydrogens is 310 g/mol. The molecule has 0 aliphatic carbocycles. The molecule has 1 nitrogen and oxygen atoms in total. The molecular formula is C14H12BF4KO. The van der Waals surface area contributed by atoms with Gasteiger partial charge in [0.15, 0.2) is 0 Å². The molecule has 0 atom stereocenters. The fourth-order valence-corrected chi connectivity index (χ4v) is 1.88. The Morgan fingerprint density at radius 3 is 2.29 bits per heavy atom. The molecule has 2 aromatic rings. The van der Waals surface area contributed by atoms with E-state index < -0.39 is 18.3 Å². The first-order valence-electron chi connectivity index (χ1n) is 6.04. The Bertz CT molecular complexity index is 616. The summed E-state index contributed by atoms with van der Waals surface area (Å²) in [6.45, 7) is -3.67. The van der Waals surface area contributed by atoms with Gasteiger partial charge < -0.3 is 17.7 Å². The molecule has 0 aliphatic rings. The third kappa shape index (κ3) is 5.10. The summed E-state index contributed by atoms with van der Waals surface area (Å²) in [5.41, 5.74) is -0.180. The number of ether oxygens (including phenoxy) is 1. The van der Waals surface area contributed by atoms with Gasteiger partial charge in [-0.05, 0) is 25.1 Å². The summed E-state index contributed by atoms with van der Waals surface area (Å²) < 4.78 is 56.7. The van der Waals surface area contributed by atoms with Gasteiger partial charge in [-0.15, -0.1) is 5.46 Å². The Balaban J connectivity index is 0.00000220. The fraction of sp³-hybridized carbons (Fsp3) is 0.143. The normalized spacial score (nSPS) is 10.9. The number of halogens is 4. The van der Waals surface area contributed by atoms with Gasteiger partial charge in [-0.2, -0.15) is 0 Å². The molecule has 0 N–H and O–H groups in total. The molecule has 2 rings (SSSR count). The van der Waals surface area contributed by atoms with E-state index in [-0.39, 0.29) is 69.3 Å². The SMILES string of the molecule is Cc1cc(OCc2ccccc2F)ccc1[B-](F)(F)F.[K+]. The minimum Gasteiger partial charge on any atom is -0.489 e. The second kappa shape index (κ2) is 7.78. The van der Waals surface area contributed by atoms with Crippen molar-refractivity contribution in [2.75, 3.05) is 0 Å². The third-order valence-electron chi connectivity index (χ3n) is 2.95. The van der Waals surface area contributed by atoms with Crippen molar-refractivity contribution in [3.63, 3.8) is 0 Å². The molecule has 7 heteroatoms. The van der Waals surface area contributed by atoms with E-state index in [9.17, 15) is 17.3 Å². The summed E-state index contributed by atoms with van der Waals surface area (Å²) in [5, 5.41) is 0. The molecule has 2 aromatic carbocycles. The molecule has 0 bridgehead atoms. The van der Waals surface area contributed by atoms with Crippen molar-refractivity contribution in [1.82, 2.24) is 0 Å². The molecule has 0 radical (unpaired) electrons. The zero-order valence-electron chi connectivity index (χ0n) is 11.7. The van der Waals surface area contributed by atoms with E-state index in [0.717, 1.165) is 6.07 Å². The average molecular weight is 322 g/mol. The predicted molar refractivity (Wildman–Crippen MR) is 70.6 cm³/mol. The van der Waals surface area contributed by atoms with Crippen LogP contribution >= 0.6 is 0 Å². The molecule has 0 amide bonds. The summed E-state index contributed by atoms with van der Waals surface area (Å²) in [6.07, 6.45) is 0. The molecule has 0 aliphatic heterocycles.